The summed E-state index contributed by atoms with van der Waals surface area (Å²) >= 11 is 3.14. The second-order valence-corrected chi connectivity index (χ2v) is 6.01. The van der Waals surface area contributed by atoms with Crippen LogP contribution < -0.4 is 4.90 Å². The van der Waals surface area contributed by atoms with Crippen LogP contribution in [0.2, 0.25) is 0 Å². The molecule has 0 amide bonds. The van der Waals surface area contributed by atoms with Crippen LogP contribution in [0.3, 0.4) is 0 Å². The fourth-order valence-electron chi connectivity index (χ4n) is 1.42. The zero-order chi connectivity index (χ0) is 13.3. The van der Waals surface area contributed by atoms with Gasteiger partial charge in [-0.1, -0.05) is 0 Å². The maximum atomic E-state index is 10.7. The predicted molar refractivity (Wildman–Crippen MR) is 75.3 cm³/mol. The zero-order valence-corrected chi connectivity index (χ0v) is 11.4. The van der Waals surface area contributed by atoms with Gasteiger partial charge >= 0.3 is 5.97 Å². The largest absolute Gasteiger partial charge is 0.477 e. The van der Waals surface area contributed by atoms with Crippen LogP contribution in [0.15, 0.2) is 17.7 Å². The van der Waals surface area contributed by atoms with Crippen LogP contribution in [0.4, 0.5) is 5.00 Å². The van der Waals surface area contributed by atoms with E-state index in [-0.39, 0.29) is 5.57 Å². The number of hydrogen-bond donors (Lipinski definition) is 1. The first-order valence-electron chi connectivity index (χ1n) is 5.07. The fourth-order valence-corrected chi connectivity index (χ4v) is 3.68. The Hall–Kier alpha value is -1.84. The number of carboxylic acids is 1. The van der Waals surface area contributed by atoms with Crippen molar-refractivity contribution in [2.75, 3.05) is 19.0 Å². The quantitative estimate of drug-likeness (QED) is 0.692. The van der Waals surface area contributed by atoms with Crippen molar-refractivity contribution in [3.63, 3.8) is 0 Å². The van der Waals surface area contributed by atoms with Crippen molar-refractivity contribution in [2.45, 2.75) is 0 Å². The third-order valence-electron chi connectivity index (χ3n) is 2.29. The molecule has 0 aliphatic heterocycles. The van der Waals surface area contributed by atoms with E-state index in [0.717, 1.165) is 19.3 Å². The molecular weight excluding hydrogens is 268 g/mol. The molecule has 0 aromatic carbocycles. The highest BCUT2D eigenvalue weighted by atomic mass is 32.1. The van der Waals surface area contributed by atoms with E-state index in [0.29, 0.717) is 0 Å². The van der Waals surface area contributed by atoms with Gasteiger partial charge in [-0.05, 0) is 18.2 Å². The first-order valence-corrected chi connectivity index (χ1v) is 6.70. The Bertz CT molecular complexity index is 642. The molecule has 2 aromatic heterocycles. The molecular formula is C12H10N2O2S2. The molecule has 0 radical (unpaired) electrons. The summed E-state index contributed by atoms with van der Waals surface area (Å²) in [4.78, 5) is 13.6. The van der Waals surface area contributed by atoms with Gasteiger partial charge in [0.1, 0.15) is 11.6 Å². The molecule has 0 saturated heterocycles. The number of rotatable bonds is 3. The topological polar surface area (TPSA) is 64.3 Å². The van der Waals surface area contributed by atoms with Crippen molar-refractivity contribution in [2.24, 2.45) is 0 Å². The molecule has 0 aliphatic rings. The smallest absolute Gasteiger partial charge is 0.346 e. The van der Waals surface area contributed by atoms with Crippen molar-refractivity contribution >= 4 is 49.1 Å². The van der Waals surface area contributed by atoms with Crippen molar-refractivity contribution in [3.05, 3.63) is 22.6 Å². The highest BCUT2D eigenvalue weighted by Gasteiger charge is 2.10. The number of aliphatic carboxylic acids is 1. The van der Waals surface area contributed by atoms with Crippen LogP contribution in [0.25, 0.3) is 15.5 Å². The molecule has 2 rings (SSSR count). The maximum absolute atomic E-state index is 10.7. The highest BCUT2D eigenvalue weighted by Crippen LogP contribution is 2.37. The SMILES string of the molecule is CN(C)c1cc2sc(/C=C(\C#N)C(=O)O)cc2s1. The van der Waals surface area contributed by atoms with Crippen molar-refractivity contribution in [1.82, 2.24) is 0 Å². The first-order chi connectivity index (χ1) is 8.51. The van der Waals surface area contributed by atoms with E-state index in [2.05, 4.69) is 6.07 Å². The molecule has 0 spiro atoms. The standard InChI is InChI=1S/C12H10N2O2S2/c1-14(2)11-5-10-9(18-11)4-8(17-10)3-7(6-13)12(15)16/h3-5H,1-2H3,(H,15,16)/b7-3+. The van der Waals surface area contributed by atoms with Gasteiger partial charge in [0.05, 0.1) is 5.00 Å². The Morgan fingerprint density at radius 2 is 2.06 bits per heavy atom. The molecule has 2 heterocycles. The Balaban J connectivity index is 2.40. The van der Waals surface area contributed by atoms with E-state index in [1.54, 1.807) is 17.4 Å². The van der Waals surface area contributed by atoms with E-state index in [1.807, 2.05) is 25.1 Å². The van der Waals surface area contributed by atoms with Gasteiger partial charge in [-0.15, -0.1) is 22.7 Å². The number of carboxylic acid groups (broad SMARTS) is 1. The third kappa shape index (κ3) is 2.37. The molecule has 18 heavy (non-hydrogen) atoms. The summed E-state index contributed by atoms with van der Waals surface area (Å²) in [6.07, 6.45) is 1.41. The second kappa shape index (κ2) is 4.80. The number of nitrogens with zero attached hydrogens (tertiary/aromatic N) is 2. The monoisotopic (exact) mass is 278 g/mol. The average molecular weight is 278 g/mol. The lowest BCUT2D eigenvalue weighted by molar-refractivity contribution is -0.132. The van der Waals surface area contributed by atoms with Crippen LogP contribution in [0.1, 0.15) is 4.88 Å². The number of carbonyl (C=O) groups is 1. The number of hydrogen-bond acceptors (Lipinski definition) is 5. The zero-order valence-electron chi connectivity index (χ0n) is 9.80. The molecule has 0 fully saturated rings. The van der Waals surface area contributed by atoms with E-state index in [4.69, 9.17) is 10.4 Å². The normalized spacial score (nSPS) is 11.5. The number of anilines is 1. The van der Waals surface area contributed by atoms with E-state index in [1.165, 1.54) is 17.4 Å². The molecule has 0 unspecified atom stereocenters. The number of thiophene rings is 2. The highest BCUT2D eigenvalue weighted by molar-refractivity contribution is 7.30. The van der Waals surface area contributed by atoms with Crippen LogP contribution in [0, 0.1) is 11.3 Å². The van der Waals surface area contributed by atoms with Gasteiger partial charge < -0.3 is 10.0 Å². The summed E-state index contributed by atoms with van der Waals surface area (Å²) in [5, 5.41) is 18.6. The molecule has 1 N–H and O–H groups in total. The Labute approximate surface area is 112 Å². The van der Waals surface area contributed by atoms with E-state index in [9.17, 15) is 4.79 Å². The van der Waals surface area contributed by atoms with Crippen molar-refractivity contribution in [1.29, 1.82) is 5.26 Å². The van der Waals surface area contributed by atoms with E-state index >= 15 is 0 Å². The summed E-state index contributed by atoms with van der Waals surface area (Å²) in [7, 11) is 3.96. The lowest BCUT2D eigenvalue weighted by atomic mass is 10.2. The van der Waals surface area contributed by atoms with Crippen molar-refractivity contribution < 1.29 is 9.90 Å². The van der Waals surface area contributed by atoms with Crippen LogP contribution in [-0.2, 0) is 4.79 Å². The van der Waals surface area contributed by atoms with Gasteiger partial charge in [0.25, 0.3) is 0 Å². The Morgan fingerprint density at radius 3 is 2.56 bits per heavy atom. The van der Waals surface area contributed by atoms with Gasteiger partial charge in [0.15, 0.2) is 0 Å². The van der Waals surface area contributed by atoms with Crippen molar-refractivity contribution in [3.8, 4) is 6.07 Å². The molecule has 0 saturated carbocycles. The number of nitriles is 1. The molecule has 92 valence electrons. The molecule has 0 atom stereocenters. The number of fused-ring (bicyclic) bond motifs is 1. The van der Waals surface area contributed by atoms with Gasteiger partial charge in [0, 0.05) is 28.4 Å². The molecule has 6 heteroatoms. The summed E-state index contributed by atoms with van der Waals surface area (Å²) in [5.74, 6) is -1.19. The summed E-state index contributed by atoms with van der Waals surface area (Å²) in [5.41, 5.74) is -0.239. The predicted octanol–water partition coefficient (Wildman–Crippen LogP) is 3.02. The first kappa shape index (κ1) is 12.6. The Morgan fingerprint density at radius 1 is 1.39 bits per heavy atom. The fraction of sp³-hybridized carbons (Fsp3) is 0.167. The Kier molecular flexibility index (Phi) is 3.36. The third-order valence-corrected chi connectivity index (χ3v) is 4.70. The molecule has 0 bridgehead atoms. The van der Waals surface area contributed by atoms with Crippen LogP contribution in [0.5, 0.6) is 0 Å². The second-order valence-electron chi connectivity index (χ2n) is 3.83. The lowest BCUT2D eigenvalue weighted by Crippen LogP contribution is -2.05. The molecule has 2 aromatic rings. The average Bonchev–Trinajstić information content (AvgIpc) is 2.82. The maximum Gasteiger partial charge on any atom is 0.346 e. The van der Waals surface area contributed by atoms with E-state index < -0.39 is 5.97 Å². The van der Waals surface area contributed by atoms with Gasteiger partial charge in [-0.2, -0.15) is 5.26 Å². The van der Waals surface area contributed by atoms with Gasteiger partial charge in [-0.25, -0.2) is 4.79 Å². The lowest BCUT2D eigenvalue weighted by Gasteiger charge is -2.06. The molecule has 4 nitrogen and oxygen atoms in total. The van der Waals surface area contributed by atoms with Gasteiger partial charge in [-0.3, -0.25) is 0 Å². The molecule has 0 aliphatic carbocycles. The summed E-state index contributed by atoms with van der Waals surface area (Å²) in [6, 6.07) is 5.66. The summed E-state index contributed by atoms with van der Waals surface area (Å²) in [6.45, 7) is 0. The van der Waals surface area contributed by atoms with Gasteiger partial charge in [0.2, 0.25) is 0 Å². The minimum absolute atomic E-state index is 0.239. The van der Waals surface area contributed by atoms with Crippen LogP contribution in [-0.4, -0.2) is 25.2 Å². The minimum atomic E-state index is -1.19. The van der Waals surface area contributed by atoms with Crippen LogP contribution >= 0.6 is 22.7 Å². The minimum Gasteiger partial charge on any atom is -0.477 e. The summed E-state index contributed by atoms with van der Waals surface area (Å²) < 4.78 is 2.22.